The van der Waals surface area contributed by atoms with Gasteiger partial charge in [0.25, 0.3) is 0 Å². The lowest BCUT2D eigenvalue weighted by Gasteiger charge is -2.16. The number of halogens is 3. The lowest BCUT2D eigenvalue weighted by molar-refractivity contribution is 1.09. The van der Waals surface area contributed by atoms with E-state index in [1.54, 1.807) is 0 Å². The van der Waals surface area contributed by atoms with Gasteiger partial charge in [0.1, 0.15) is 0 Å². The van der Waals surface area contributed by atoms with Crippen LogP contribution in [0, 0.1) is 13.8 Å². The first-order valence-electron chi connectivity index (χ1n) is 5.66. The average Bonchev–Trinajstić information content (AvgIpc) is 2.33. The Morgan fingerprint density at radius 1 is 1.00 bits per heavy atom. The molecule has 0 N–H and O–H groups in total. The molecule has 0 heterocycles. The average molecular weight is 344 g/mol. The second-order valence-electron chi connectivity index (χ2n) is 4.34. The van der Waals surface area contributed by atoms with Crippen LogP contribution in [-0.2, 0) is 0 Å². The molecule has 3 heteroatoms. The number of benzene rings is 2. The van der Waals surface area contributed by atoms with Gasteiger partial charge in [-0.15, -0.1) is 11.6 Å². The quantitative estimate of drug-likeness (QED) is 0.582. The molecule has 0 aliphatic rings. The highest BCUT2D eigenvalue weighted by molar-refractivity contribution is 9.10. The summed E-state index contributed by atoms with van der Waals surface area (Å²) in [6, 6.07) is 12.0. The van der Waals surface area contributed by atoms with Gasteiger partial charge in [-0.1, -0.05) is 51.8 Å². The van der Waals surface area contributed by atoms with Gasteiger partial charge < -0.3 is 0 Å². The molecule has 2 aromatic carbocycles. The van der Waals surface area contributed by atoms with Gasteiger partial charge in [-0.3, -0.25) is 0 Å². The largest absolute Gasteiger partial charge is 0.113 e. The molecule has 0 spiro atoms. The van der Waals surface area contributed by atoms with Gasteiger partial charge in [-0.2, -0.15) is 0 Å². The van der Waals surface area contributed by atoms with Crippen molar-refractivity contribution in [3.8, 4) is 0 Å². The van der Waals surface area contributed by atoms with Gasteiger partial charge in [0, 0.05) is 9.50 Å². The van der Waals surface area contributed by atoms with Crippen molar-refractivity contribution in [1.82, 2.24) is 0 Å². The third-order valence-corrected chi connectivity index (χ3v) is 4.60. The summed E-state index contributed by atoms with van der Waals surface area (Å²) in [6.45, 7) is 4.03. The van der Waals surface area contributed by atoms with Crippen LogP contribution < -0.4 is 0 Å². The van der Waals surface area contributed by atoms with Crippen molar-refractivity contribution < 1.29 is 0 Å². The number of aryl methyl sites for hydroxylation is 2. The van der Waals surface area contributed by atoms with Gasteiger partial charge in [0.2, 0.25) is 0 Å². The van der Waals surface area contributed by atoms with Crippen LogP contribution in [-0.4, -0.2) is 0 Å². The molecule has 94 valence electrons. The number of alkyl halides is 1. The molecule has 2 rings (SSSR count). The zero-order valence-electron chi connectivity index (χ0n) is 10.2. The standard InChI is InChI=1S/C15H13BrCl2/c1-9-8-14(17)10(2)7-12(9)15(18)11-5-3-4-6-13(11)16/h3-8,15H,1-2H3. The van der Waals surface area contributed by atoms with Crippen LogP contribution in [0.2, 0.25) is 5.02 Å². The molecular weight excluding hydrogens is 331 g/mol. The minimum absolute atomic E-state index is 0.170. The molecule has 0 bridgehead atoms. The first-order chi connectivity index (χ1) is 8.50. The van der Waals surface area contributed by atoms with E-state index in [-0.39, 0.29) is 5.38 Å². The Balaban J connectivity index is 2.50. The molecule has 0 radical (unpaired) electrons. The fourth-order valence-corrected chi connectivity index (χ4v) is 3.21. The van der Waals surface area contributed by atoms with Crippen molar-refractivity contribution in [3.05, 3.63) is 68.1 Å². The molecule has 0 aliphatic carbocycles. The summed E-state index contributed by atoms with van der Waals surface area (Å²) in [7, 11) is 0. The molecule has 0 saturated heterocycles. The summed E-state index contributed by atoms with van der Waals surface area (Å²) in [6.07, 6.45) is 0. The SMILES string of the molecule is Cc1cc(C(Cl)c2ccccc2Br)c(C)cc1Cl. The maximum absolute atomic E-state index is 6.59. The first-order valence-corrected chi connectivity index (χ1v) is 7.26. The van der Waals surface area contributed by atoms with E-state index in [0.29, 0.717) is 0 Å². The second kappa shape index (κ2) is 5.64. The minimum Gasteiger partial charge on any atom is -0.113 e. The molecule has 0 aromatic heterocycles. The topological polar surface area (TPSA) is 0 Å². The Hall–Kier alpha value is -0.500. The summed E-state index contributed by atoms with van der Waals surface area (Å²) in [4.78, 5) is 0. The third-order valence-electron chi connectivity index (χ3n) is 3.00. The third kappa shape index (κ3) is 2.74. The van der Waals surface area contributed by atoms with Crippen LogP contribution >= 0.6 is 39.1 Å². The fourth-order valence-electron chi connectivity index (χ4n) is 1.92. The van der Waals surface area contributed by atoms with Gasteiger partial charge >= 0.3 is 0 Å². The van der Waals surface area contributed by atoms with Gasteiger partial charge in [0.05, 0.1) is 5.38 Å². The second-order valence-corrected chi connectivity index (χ2v) is 6.04. The van der Waals surface area contributed by atoms with Gasteiger partial charge in [-0.25, -0.2) is 0 Å². The molecule has 0 amide bonds. The minimum atomic E-state index is -0.170. The van der Waals surface area contributed by atoms with E-state index in [4.69, 9.17) is 23.2 Å². The summed E-state index contributed by atoms with van der Waals surface area (Å²) in [5.74, 6) is 0. The lowest BCUT2D eigenvalue weighted by atomic mass is 9.98. The molecule has 0 saturated carbocycles. The molecule has 2 aromatic rings. The van der Waals surface area contributed by atoms with Crippen molar-refractivity contribution in [1.29, 1.82) is 0 Å². The van der Waals surface area contributed by atoms with Crippen molar-refractivity contribution in [2.75, 3.05) is 0 Å². The van der Waals surface area contributed by atoms with Crippen LogP contribution in [0.4, 0.5) is 0 Å². The summed E-state index contributed by atoms with van der Waals surface area (Å²) >= 11 is 16.3. The molecule has 1 atom stereocenters. The lowest BCUT2D eigenvalue weighted by Crippen LogP contribution is -1.98. The Morgan fingerprint density at radius 3 is 2.33 bits per heavy atom. The van der Waals surface area contributed by atoms with Crippen LogP contribution in [0.5, 0.6) is 0 Å². The Kier molecular flexibility index (Phi) is 4.37. The number of rotatable bonds is 2. The molecule has 0 nitrogen and oxygen atoms in total. The van der Waals surface area contributed by atoms with Crippen molar-refractivity contribution in [2.45, 2.75) is 19.2 Å². The smallest absolute Gasteiger partial charge is 0.0848 e. The molecule has 18 heavy (non-hydrogen) atoms. The van der Waals surface area contributed by atoms with Crippen molar-refractivity contribution >= 4 is 39.1 Å². The van der Waals surface area contributed by atoms with Crippen LogP contribution in [0.25, 0.3) is 0 Å². The zero-order valence-corrected chi connectivity index (χ0v) is 13.3. The van der Waals surface area contributed by atoms with E-state index in [0.717, 1.165) is 31.7 Å². The maximum atomic E-state index is 6.59. The predicted octanol–water partition coefficient (Wildman–Crippen LogP) is 6.05. The van der Waals surface area contributed by atoms with Crippen molar-refractivity contribution in [3.63, 3.8) is 0 Å². The monoisotopic (exact) mass is 342 g/mol. The van der Waals surface area contributed by atoms with Gasteiger partial charge in [-0.05, 0) is 48.2 Å². The highest BCUT2D eigenvalue weighted by Gasteiger charge is 2.16. The van der Waals surface area contributed by atoms with E-state index in [1.165, 1.54) is 0 Å². The van der Waals surface area contributed by atoms with Crippen LogP contribution in [0.15, 0.2) is 40.9 Å². The summed E-state index contributed by atoms with van der Waals surface area (Å²) in [5, 5.41) is 0.615. The number of hydrogen-bond donors (Lipinski definition) is 0. The zero-order chi connectivity index (χ0) is 13.3. The summed E-state index contributed by atoms with van der Waals surface area (Å²) in [5.41, 5.74) is 4.34. The first kappa shape index (κ1) is 13.9. The molecule has 1 unspecified atom stereocenters. The number of hydrogen-bond acceptors (Lipinski definition) is 0. The highest BCUT2D eigenvalue weighted by Crippen LogP contribution is 2.36. The Morgan fingerprint density at radius 2 is 1.67 bits per heavy atom. The van der Waals surface area contributed by atoms with Crippen molar-refractivity contribution in [2.24, 2.45) is 0 Å². The highest BCUT2D eigenvalue weighted by atomic mass is 79.9. The normalized spacial score (nSPS) is 12.5. The van der Waals surface area contributed by atoms with E-state index >= 15 is 0 Å². The van der Waals surface area contributed by atoms with E-state index in [2.05, 4.69) is 22.0 Å². The van der Waals surface area contributed by atoms with E-state index in [1.807, 2.05) is 44.2 Å². The Labute approximate surface area is 126 Å². The fraction of sp³-hybridized carbons (Fsp3) is 0.200. The van der Waals surface area contributed by atoms with Crippen LogP contribution in [0.3, 0.4) is 0 Å². The Bertz CT molecular complexity index is 579. The maximum Gasteiger partial charge on any atom is 0.0848 e. The molecule has 0 aliphatic heterocycles. The van der Waals surface area contributed by atoms with E-state index < -0.39 is 0 Å². The molecule has 0 fully saturated rings. The predicted molar refractivity (Wildman–Crippen MR) is 82.8 cm³/mol. The summed E-state index contributed by atoms with van der Waals surface area (Å²) < 4.78 is 1.03. The van der Waals surface area contributed by atoms with Crippen LogP contribution in [0.1, 0.15) is 27.6 Å². The van der Waals surface area contributed by atoms with E-state index in [9.17, 15) is 0 Å². The van der Waals surface area contributed by atoms with Gasteiger partial charge in [0.15, 0.2) is 0 Å². The molecular formula is C15H13BrCl2.